The molecule has 134 valence electrons. The molecular weight excluding hydrogens is 385 g/mol. The van der Waals surface area contributed by atoms with Gasteiger partial charge < -0.3 is 15.5 Å². The van der Waals surface area contributed by atoms with Gasteiger partial charge in [0.25, 0.3) is 0 Å². The van der Waals surface area contributed by atoms with E-state index in [1.807, 2.05) is 0 Å². The van der Waals surface area contributed by atoms with Gasteiger partial charge in [0, 0.05) is 18.7 Å². The lowest BCUT2D eigenvalue weighted by molar-refractivity contribution is -0.139. The van der Waals surface area contributed by atoms with E-state index in [4.69, 9.17) is 23.2 Å². The van der Waals surface area contributed by atoms with Crippen LogP contribution in [0.4, 0.5) is 0 Å². The minimum atomic E-state index is -0.530. The third-order valence-electron chi connectivity index (χ3n) is 4.21. The molecule has 2 fully saturated rings. The first-order valence-corrected chi connectivity index (χ1v) is 9.76. The Kier molecular flexibility index (Phi) is 5.76. The van der Waals surface area contributed by atoms with Crippen LogP contribution in [0.3, 0.4) is 0 Å². The molecule has 2 saturated heterocycles. The first-order valence-electron chi connectivity index (χ1n) is 7.85. The highest BCUT2D eigenvalue weighted by atomic mass is 35.5. The summed E-state index contributed by atoms with van der Waals surface area (Å²) < 4.78 is 0. The number of hydrogen-bond acceptors (Lipinski definition) is 4. The predicted octanol–water partition coefficient (Wildman–Crippen LogP) is 1.79. The molecule has 0 spiro atoms. The molecule has 3 rings (SSSR count). The van der Waals surface area contributed by atoms with Crippen molar-refractivity contribution in [2.24, 2.45) is 0 Å². The molecule has 2 aliphatic heterocycles. The lowest BCUT2D eigenvalue weighted by atomic mass is 10.1. The monoisotopic (exact) mass is 401 g/mol. The van der Waals surface area contributed by atoms with Gasteiger partial charge in [-0.1, -0.05) is 29.3 Å². The van der Waals surface area contributed by atoms with E-state index >= 15 is 0 Å². The Labute approximate surface area is 159 Å². The molecule has 0 unspecified atom stereocenters. The highest BCUT2D eigenvalue weighted by Crippen LogP contribution is 2.25. The second kappa shape index (κ2) is 7.85. The largest absolute Gasteiger partial charge is 0.350 e. The number of carbonyl (C=O) groups is 3. The zero-order chi connectivity index (χ0) is 18.0. The second-order valence-corrected chi connectivity index (χ2v) is 7.76. The van der Waals surface area contributed by atoms with Gasteiger partial charge in [-0.25, -0.2) is 0 Å². The number of thioether (sulfide) groups is 1. The Morgan fingerprint density at radius 2 is 2.12 bits per heavy atom. The fourth-order valence-corrected chi connectivity index (χ4v) is 4.32. The fraction of sp³-hybridized carbons (Fsp3) is 0.438. The summed E-state index contributed by atoms with van der Waals surface area (Å²) in [4.78, 5) is 37.9. The summed E-state index contributed by atoms with van der Waals surface area (Å²) >= 11 is 13.4. The lowest BCUT2D eigenvalue weighted by Gasteiger charge is -2.25. The van der Waals surface area contributed by atoms with Gasteiger partial charge in [0.15, 0.2) is 0 Å². The first-order chi connectivity index (χ1) is 12.0. The molecule has 0 saturated carbocycles. The molecule has 25 heavy (non-hydrogen) atoms. The van der Waals surface area contributed by atoms with Crippen LogP contribution in [-0.2, 0) is 20.9 Å². The molecule has 1 aromatic carbocycles. The van der Waals surface area contributed by atoms with Crippen LogP contribution in [0.15, 0.2) is 18.2 Å². The molecule has 2 N–H and O–H groups in total. The predicted molar refractivity (Wildman–Crippen MR) is 97.4 cm³/mol. The summed E-state index contributed by atoms with van der Waals surface area (Å²) in [6, 6.07) is 4.11. The molecule has 2 atom stereocenters. The Morgan fingerprint density at radius 1 is 1.32 bits per heavy atom. The van der Waals surface area contributed by atoms with Crippen LogP contribution in [0.5, 0.6) is 0 Å². The van der Waals surface area contributed by atoms with Gasteiger partial charge in [-0.3, -0.25) is 14.4 Å². The number of nitrogens with one attached hydrogen (secondary N) is 2. The smallest absolute Gasteiger partial charge is 0.246 e. The highest BCUT2D eigenvalue weighted by Gasteiger charge is 2.39. The molecule has 9 heteroatoms. The van der Waals surface area contributed by atoms with Gasteiger partial charge in [-0.15, -0.1) is 11.8 Å². The van der Waals surface area contributed by atoms with Crippen molar-refractivity contribution in [2.75, 3.05) is 11.6 Å². The van der Waals surface area contributed by atoms with Crippen LogP contribution in [0.1, 0.15) is 18.4 Å². The van der Waals surface area contributed by atoms with Crippen molar-refractivity contribution in [3.05, 3.63) is 33.8 Å². The molecule has 0 bridgehead atoms. The van der Waals surface area contributed by atoms with Crippen LogP contribution >= 0.6 is 35.0 Å². The third-order valence-corrected chi connectivity index (χ3v) is 5.96. The average Bonchev–Trinajstić information content (AvgIpc) is 3.24. The third kappa shape index (κ3) is 4.22. The number of rotatable bonds is 4. The Balaban J connectivity index is 1.59. The Bertz CT molecular complexity index is 716. The average molecular weight is 402 g/mol. The van der Waals surface area contributed by atoms with Crippen LogP contribution in [0, 0.1) is 0 Å². The zero-order valence-corrected chi connectivity index (χ0v) is 15.6. The summed E-state index contributed by atoms with van der Waals surface area (Å²) in [5.41, 5.74) is 0.828. The molecule has 0 aliphatic carbocycles. The van der Waals surface area contributed by atoms with Gasteiger partial charge in [0.05, 0.1) is 15.9 Å². The quantitative estimate of drug-likeness (QED) is 0.805. The summed E-state index contributed by atoms with van der Waals surface area (Å²) in [5.74, 6) is 0.473. The van der Waals surface area contributed by atoms with Gasteiger partial charge >= 0.3 is 0 Å². The SMILES string of the molecule is O=C1CC[C@@H](C(=O)N2CSC[C@H]2C(=O)NCc2ccc(Cl)c(Cl)c2)N1. The number of nitrogens with zero attached hydrogens (tertiary/aromatic N) is 1. The topological polar surface area (TPSA) is 78.5 Å². The van der Waals surface area contributed by atoms with E-state index in [2.05, 4.69) is 10.6 Å². The van der Waals surface area contributed by atoms with Gasteiger partial charge in [0.1, 0.15) is 12.1 Å². The van der Waals surface area contributed by atoms with E-state index in [0.29, 0.717) is 41.1 Å². The Hall–Kier alpha value is -1.44. The van der Waals surface area contributed by atoms with E-state index in [9.17, 15) is 14.4 Å². The van der Waals surface area contributed by atoms with Crippen LogP contribution in [0.25, 0.3) is 0 Å². The molecule has 3 amide bonds. The Morgan fingerprint density at radius 3 is 2.80 bits per heavy atom. The fourth-order valence-electron chi connectivity index (χ4n) is 2.83. The normalized spacial score (nSPS) is 22.8. The minimum absolute atomic E-state index is 0.120. The number of halogens is 2. The highest BCUT2D eigenvalue weighted by molar-refractivity contribution is 7.99. The van der Waals surface area contributed by atoms with E-state index in [0.717, 1.165) is 5.56 Å². The number of benzene rings is 1. The second-order valence-electron chi connectivity index (χ2n) is 5.95. The summed E-state index contributed by atoms with van der Waals surface area (Å²) in [7, 11) is 0. The molecule has 2 aliphatic rings. The molecule has 6 nitrogen and oxygen atoms in total. The number of amides is 3. The van der Waals surface area contributed by atoms with Gasteiger partial charge in [0.2, 0.25) is 17.7 Å². The van der Waals surface area contributed by atoms with Crippen molar-refractivity contribution in [1.82, 2.24) is 15.5 Å². The standard InChI is InChI=1S/C16H17Cl2N3O3S/c17-10-2-1-9(5-11(10)18)6-19-15(23)13-7-25-8-21(13)16(24)12-3-4-14(22)20-12/h1-2,5,12-13H,3-4,6-8H2,(H,19,23)(H,20,22)/t12-,13-/m0/s1. The van der Waals surface area contributed by atoms with Crippen molar-refractivity contribution in [3.63, 3.8) is 0 Å². The van der Waals surface area contributed by atoms with E-state index in [1.54, 1.807) is 23.1 Å². The maximum Gasteiger partial charge on any atom is 0.246 e. The van der Waals surface area contributed by atoms with Crippen LogP contribution < -0.4 is 10.6 Å². The van der Waals surface area contributed by atoms with Crippen molar-refractivity contribution in [2.45, 2.75) is 31.5 Å². The summed E-state index contributed by atoms with van der Waals surface area (Å²) in [5, 5.41) is 6.38. The first kappa shape index (κ1) is 18.4. The molecule has 0 aromatic heterocycles. The van der Waals surface area contributed by atoms with Crippen LogP contribution in [-0.4, -0.2) is 46.3 Å². The maximum absolute atomic E-state index is 12.6. The molecular formula is C16H17Cl2N3O3S. The van der Waals surface area contributed by atoms with Crippen molar-refractivity contribution >= 4 is 52.7 Å². The van der Waals surface area contributed by atoms with Crippen molar-refractivity contribution < 1.29 is 14.4 Å². The molecule has 0 radical (unpaired) electrons. The molecule has 1 aromatic rings. The zero-order valence-electron chi connectivity index (χ0n) is 13.3. The number of hydrogen-bond donors (Lipinski definition) is 2. The van der Waals surface area contributed by atoms with Gasteiger partial charge in [-0.05, 0) is 24.1 Å². The van der Waals surface area contributed by atoms with Gasteiger partial charge in [-0.2, -0.15) is 0 Å². The lowest BCUT2D eigenvalue weighted by Crippen LogP contribution is -2.52. The number of carbonyl (C=O) groups excluding carboxylic acids is 3. The van der Waals surface area contributed by atoms with E-state index in [1.165, 1.54) is 11.8 Å². The summed E-state index contributed by atoms with van der Waals surface area (Å²) in [6.07, 6.45) is 0.835. The minimum Gasteiger partial charge on any atom is -0.350 e. The maximum atomic E-state index is 12.6. The molecule has 2 heterocycles. The van der Waals surface area contributed by atoms with Crippen molar-refractivity contribution in [1.29, 1.82) is 0 Å². The van der Waals surface area contributed by atoms with Crippen LogP contribution in [0.2, 0.25) is 10.0 Å². The summed E-state index contributed by atoms with van der Waals surface area (Å²) in [6.45, 7) is 0.305. The van der Waals surface area contributed by atoms with Crippen molar-refractivity contribution in [3.8, 4) is 0 Å². The van der Waals surface area contributed by atoms with E-state index < -0.39 is 12.1 Å². The van der Waals surface area contributed by atoms with E-state index in [-0.39, 0.29) is 17.7 Å².